The zero-order valence-corrected chi connectivity index (χ0v) is 19.8. The number of rotatable bonds is 5. The molecule has 1 saturated heterocycles. The lowest BCUT2D eigenvalue weighted by molar-refractivity contribution is -0.174. The van der Waals surface area contributed by atoms with Crippen LogP contribution >= 0.6 is 0 Å². The number of piperidine rings is 1. The van der Waals surface area contributed by atoms with E-state index in [2.05, 4.69) is 64.0 Å². The monoisotopic (exact) mass is 423 g/mol. The van der Waals surface area contributed by atoms with Crippen molar-refractivity contribution in [2.24, 2.45) is 5.92 Å². The van der Waals surface area contributed by atoms with Crippen molar-refractivity contribution in [2.75, 3.05) is 25.5 Å². The summed E-state index contributed by atoms with van der Waals surface area (Å²) in [6.07, 6.45) is 1.61. The highest BCUT2D eigenvalue weighted by Gasteiger charge is 2.27. The van der Waals surface area contributed by atoms with E-state index < -0.39 is 0 Å². The van der Waals surface area contributed by atoms with Crippen LogP contribution in [0.25, 0.3) is 0 Å². The molecule has 0 saturated carbocycles. The molecule has 0 unspecified atom stereocenters. The maximum absolute atomic E-state index is 12.5. The van der Waals surface area contributed by atoms with Crippen LogP contribution < -0.4 is 5.32 Å². The molecule has 1 fully saturated rings. The predicted octanol–water partition coefficient (Wildman–Crippen LogP) is 5.40. The van der Waals surface area contributed by atoms with Crippen molar-refractivity contribution < 1.29 is 10.0 Å². The number of anilines is 2. The van der Waals surface area contributed by atoms with Crippen molar-refractivity contribution in [2.45, 2.75) is 59.4 Å². The van der Waals surface area contributed by atoms with Crippen molar-refractivity contribution >= 4 is 17.3 Å². The molecule has 0 spiro atoms. The minimum absolute atomic E-state index is 0.0795. The number of likely N-dealkylation sites (tertiary alicyclic amines) is 1. The lowest BCUT2D eigenvalue weighted by atomic mass is 9.85. The average Bonchev–Trinajstić information content (AvgIpc) is 2.71. The van der Waals surface area contributed by atoms with Crippen LogP contribution in [0.1, 0.15) is 55.9 Å². The largest absolute Gasteiger partial charge is 0.355 e. The second kappa shape index (κ2) is 9.41. The highest BCUT2D eigenvalue weighted by molar-refractivity contribution is 5.77. The maximum Gasteiger partial charge on any atom is 0.249 e. The van der Waals surface area contributed by atoms with E-state index in [-0.39, 0.29) is 23.8 Å². The van der Waals surface area contributed by atoms with Gasteiger partial charge in [0.05, 0.1) is 6.54 Å². The Hall–Kier alpha value is -2.37. The van der Waals surface area contributed by atoms with Gasteiger partial charge in [-0.1, -0.05) is 45.0 Å². The first kappa shape index (κ1) is 23.3. The molecule has 5 heteroatoms. The SMILES string of the molecule is Cc1cc(C(C)(C)C)cc(C)c1Nc1ccc(CN(O)C(=O)C2CCN(C)CC2)cc1. The summed E-state index contributed by atoms with van der Waals surface area (Å²) >= 11 is 0. The quantitative estimate of drug-likeness (QED) is 0.499. The number of nitrogens with one attached hydrogen (secondary N) is 1. The van der Waals surface area contributed by atoms with Crippen molar-refractivity contribution in [3.8, 4) is 0 Å². The van der Waals surface area contributed by atoms with E-state index in [9.17, 15) is 10.0 Å². The highest BCUT2D eigenvalue weighted by atomic mass is 16.5. The Morgan fingerprint density at radius 2 is 1.65 bits per heavy atom. The lowest BCUT2D eigenvalue weighted by Crippen LogP contribution is -2.39. The molecule has 2 N–H and O–H groups in total. The molecule has 31 heavy (non-hydrogen) atoms. The lowest BCUT2D eigenvalue weighted by Gasteiger charge is -2.30. The second-order valence-corrected chi connectivity index (χ2v) is 10.0. The number of amides is 1. The molecule has 5 nitrogen and oxygen atoms in total. The minimum atomic E-state index is -0.166. The number of aryl methyl sites for hydroxylation is 2. The van der Waals surface area contributed by atoms with Crippen LogP contribution in [0.3, 0.4) is 0 Å². The van der Waals surface area contributed by atoms with Gasteiger partial charge in [0, 0.05) is 17.3 Å². The summed E-state index contributed by atoms with van der Waals surface area (Å²) in [6, 6.07) is 12.4. The minimum Gasteiger partial charge on any atom is -0.355 e. The van der Waals surface area contributed by atoms with Gasteiger partial charge in [-0.05, 0) is 86.6 Å². The van der Waals surface area contributed by atoms with Crippen LogP contribution in [0, 0.1) is 19.8 Å². The molecule has 1 heterocycles. The molecule has 0 atom stereocenters. The standard InChI is InChI=1S/C26H37N3O2/c1-18-15-22(26(3,4)5)16-19(2)24(18)27-23-9-7-20(8-10-23)17-29(31)25(30)21-11-13-28(6)14-12-21/h7-10,15-16,21,27,31H,11-14,17H2,1-6H3. The van der Waals surface area contributed by atoms with E-state index >= 15 is 0 Å². The summed E-state index contributed by atoms with van der Waals surface area (Å²) < 4.78 is 0. The molecule has 1 aliphatic rings. The zero-order valence-electron chi connectivity index (χ0n) is 19.8. The molecule has 1 aliphatic heterocycles. The number of hydroxylamine groups is 2. The first-order valence-electron chi connectivity index (χ1n) is 11.2. The van der Waals surface area contributed by atoms with Crippen LogP contribution in [0.5, 0.6) is 0 Å². The van der Waals surface area contributed by atoms with Gasteiger partial charge in [0.15, 0.2) is 0 Å². The number of nitrogens with zero attached hydrogens (tertiary/aromatic N) is 2. The van der Waals surface area contributed by atoms with E-state index in [4.69, 9.17) is 0 Å². The summed E-state index contributed by atoms with van der Waals surface area (Å²) in [6.45, 7) is 13.0. The van der Waals surface area contributed by atoms with Crippen molar-refractivity contribution in [3.05, 3.63) is 58.7 Å². The van der Waals surface area contributed by atoms with Crippen LogP contribution in [0.15, 0.2) is 36.4 Å². The highest BCUT2D eigenvalue weighted by Crippen LogP contribution is 2.31. The average molecular weight is 424 g/mol. The summed E-state index contributed by atoms with van der Waals surface area (Å²) in [4.78, 5) is 14.8. The van der Waals surface area contributed by atoms with Gasteiger partial charge in [0.2, 0.25) is 5.91 Å². The molecule has 0 aromatic heterocycles. The Kier molecular flexibility index (Phi) is 7.07. The molecule has 0 bridgehead atoms. The molecular formula is C26H37N3O2. The fraction of sp³-hybridized carbons (Fsp3) is 0.500. The third-order valence-electron chi connectivity index (χ3n) is 6.28. The van der Waals surface area contributed by atoms with Crippen LogP contribution in [0.2, 0.25) is 0 Å². The van der Waals surface area contributed by atoms with Crippen molar-refractivity contribution in [1.82, 2.24) is 9.96 Å². The molecule has 168 valence electrons. The first-order valence-corrected chi connectivity index (χ1v) is 11.2. The molecular weight excluding hydrogens is 386 g/mol. The van der Waals surface area contributed by atoms with Crippen molar-refractivity contribution in [3.63, 3.8) is 0 Å². The van der Waals surface area contributed by atoms with Gasteiger partial charge < -0.3 is 10.2 Å². The molecule has 3 rings (SSSR count). The topological polar surface area (TPSA) is 55.8 Å². The number of hydrogen-bond donors (Lipinski definition) is 2. The van der Waals surface area contributed by atoms with Gasteiger partial charge >= 0.3 is 0 Å². The van der Waals surface area contributed by atoms with Gasteiger partial charge in [0.1, 0.15) is 0 Å². The summed E-state index contributed by atoms with van der Waals surface area (Å²) in [5.41, 5.74) is 6.92. The predicted molar refractivity (Wildman–Crippen MR) is 127 cm³/mol. The van der Waals surface area contributed by atoms with E-state index in [1.807, 2.05) is 24.3 Å². The van der Waals surface area contributed by atoms with Crippen LogP contribution in [0.4, 0.5) is 11.4 Å². The van der Waals surface area contributed by atoms with E-state index in [0.29, 0.717) is 0 Å². The van der Waals surface area contributed by atoms with E-state index in [1.165, 1.54) is 16.7 Å². The third-order valence-corrected chi connectivity index (χ3v) is 6.28. The number of carbonyl (C=O) groups is 1. The van der Waals surface area contributed by atoms with Crippen molar-refractivity contribution in [1.29, 1.82) is 0 Å². The van der Waals surface area contributed by atoms with Gasteiger partial charge in [-0.15, -0.1) is 0 Å². The van der Waals surface area contributed by atoms with Crippen LogP contribution in [-0.4, -0.2) is 41.2 Å². The Morgan fingerprint density at radius 1 is 1.10 bits per heavy atom. The Balaban J connectivity index is 1.63. The smallest absolute Gasteiger partial charge is 0.249 e. The van der Waals surface area contributed by atoms with Gasteiger partial charge in [-0.2, -0.15) is 0 Å². The Bertz CT molecular complexity index is 884. The fourth-order valence-electron chi connectivity index (χ4n) is 4.15. The molecule has 0 radical (unpaired) electrons. The first-order chi connectivity index (χ1) is 14.5. The second-order valence-electron chi connectivity index (χ2n) is 10.0. The Morgan fingerprint density at radius 3 is 2.16 bits per heavy atom. The molecule has 2 aromatic carbocycles. The third kappa shape index (κ3) is 5.86. The maximum atomic E-state index is 12.5. The molecule has 2 aromatic rings. The summed E-state index contributed by atoms with van der Waals surface area (Å²) in [5, 5.41) is 14.7. The van der Waals surface area contributed by atoms with E-state index in [1.54, 1.807) is 0 Å². The fourth-order valence-corrected chi connectivity index (χ4v) is 4.15. The number of hydrogen-bond acceptors (Lipinski definition) is 4. The number of carbonyl (C=O) groups excluding carboxylic acids is 1. The summed E-state index contributed by atoms with van der Waals surface area (Å²) in [5.74, 6) is -0.246. The van der Waals surface area contributed by atoms with Crippen LogP contribution in [-0.2, 0) is 16.8 Å². The van der Waals surface area contributed by atoms with Gasteiger partial charge in [-0.3, -0.25) is 10.0 Å². The van der Waals surface area contributed by atoms with E-state index in [0.717, 1.165) is 47.9 Å². The van der Waals surface area contributed by atoms with Gasteiger partial charge in [-0.25, -0.2) is 5.06 Å². The Labute approximate surface area is 187 Å². The zero-order chi connectivity index (χ0) is 22.8. The normalized spacial score (nSPS) is 15.7. The molecule has 1 amide bonds. The summed E-state index contributed by atoms with van der Waals surface area (Å²) in [7, 11) is 2.06. The number of benzene rings is 2. The molecule has 0 aliphatic carbocycles. The van der Waals surface area contributed by atoms with Gasteiger partial charge in [0.25, 0.3) is 0 Å².